The topological polar surface area (TPSA) is 43.8 Å². The number of fused-ring (bicyclic) bond motifs is 1. The van der Waals surface area contributed by atoms with Crippen LogP contribution >= 0.6 is 12.2 Å². The van der Waals surface area contributed by atoms with Crippen LogP contribution < -0.4 is 5.73 Å². The maximum Gasteiger partial charge on any atom is 0.149 e. The van der Waals surface area contributed by atoms with Gasteiger partial charge in [-0.05, 0) is 24.3 Å². The largest absolute Gasteiger partial charge is 0.389 e. The lowest BCUT2D eigenvalue weighted by Crippen LogP contribution is -2.10. The summed E-state index contributed by atoms with van der Waals surface area (Å²) in [5.74, 6) is -0.404. The molecular formula is C14H10FN3S. The first-order valence-corrected chi connectivity index (χ1v) is 6.10. The quantitative estimate of drug-likeness (QED) is 0.729. The highest BCUT2D eigenvalue weighted by Crippen LogP contribution is 2.20. The van der Waals surface area contributed by atoms with Crippen LogP contribution in [0, 0.1) is 5.82 Å². The van der Waals surface area contributed by atoms with Gasteiger partial charge in [-0.15, -0.1) is 0 Å². The zero-order valence-corrected chi connectivity index (χ0v) is 10.7. The van der Waals surface area contributed by atoms with Crippen LogP contribution in [0.4, 0.5) is 4.39 Å². The van der Waals surface area contributed by atoms with Crippen molar-refractivity contribution in [2.24, 2.45) is 5.73 Å². The van der Waals surface area contributed by atoms with Crippen molar-refractivity contribution in [2.75, 3.05) is 0 Å². The van der Waals surface area contributed by atoms with Crippen LogP contribution in [-0.2, 0) is 0 Å². The Morgan fingerprint density at radius 1 is 1.21 bits per heavy atom. The summed E-state index contributed by atoms with van der Waals surface area (Å²) in [6.07, 6.45) is 1.70. The fraction of sp³-hybridized carbons (Fsp3) is 0. The number of halogens is 1. The Labute approximate surface area is 114 Å². The average molecular weight is 271 g/mol. The first kappa shape index (κ1) is 11.8. The number of nitrogens with zero attached hydrogens (tertiary/aromatic N) is 2. The molecule has 0 aliphatic carbocycles. The molecule has 3 nitrogen and oxygen atoms in total. The summed E-state index contributed by atoms with van der Waals surface area (Å²) >= 11 is 4.83. The summed E-state index contributed by atoms with van der Waals surface area (Å²) in [7, 11) is 0. The number of nitrogens with two attached hydrogens (primary N) is 1. The molecule has 0 spiro atoms. The second-order valence-corrected chi connectivity index (χ2v) is 4.59. The third kappa shape index (κ3) is 1.98. The van der Waals surface area contributed by atoms with E-state index < -0.39 is 5.82 Å². The number of hydrogen-bond acceptors (Lipinski definition) is 2. The van der Waals surface area contributed by atoms with E-state index in [1.54, 1.807) is 23.0 Å². The summed E-state index contributed by atoms with van der Waals surface area (Å²) in [4.78, 5) is 0.177. The van der Waals surface area contributed by atoms with Crippen molar-refractivity contribution in [1.29, 1.82) is 0 Å². The fourth-order valence-electron chi connectivity index (χ4n) is 2.00. The van der Waals surface area contributed by atoms with E-state index >= 15 is 0 Å². The SMILES string of the molecule is NC(=S)c1ccc(-n2ncc3ccccc32)c(F)c1. The van der Waals surface area contributed by atoms with E-state index in [9.17, 15) is 4.39 Å². The molecule has 19 heavy (non-hydrogen) atoms. The van der Waals surface area contributed by atoms with Crippen molar-refractivity contribution in [2.45, 2.75) is 0 Å². The number of benzene rings is 2. The van der Waals surface area contributed by atoms with Crippen LogP contribution in [0.1, 0.15) is 5.56 Å². The summed E-state index contributed by atoms with van der Waals surface area (Å²) in [6, 6.07) is 12.3. The molecule has 3 aromatic rings. The lowest BCUT2D eigenvalue weighted by atomic mass is 10.2. The molecule has 94 valence electrons. The van der Waals surface area contributed by atoms with Crippen LogP contribution in [0.25, 0.3) is 16.6 Å². The maximum absolute atomic E-state index is 14.1. The Morgan fingerprint density at radius 2 is 2.00 bits per heavy atom. The first-order chi connectivity index (χ1) is 9.16. The highest BCUT2D eigenvalue weighted by Gasteiger charge is 2.10. The minimum Gasteiger partial charge on any atom is -0.389 e. The maximum atomic E-state index is 14.1. The van der Waals surface area contributed by atoms with Gasteiger partial charge in [0.1, 0.15) is 16.5 Å². The predicted molar refractivity (Wildman–Crippen MR) is 76.9 cm³/mol. The zero-order chi connectivity index (χ0) is 13.4. The van der Waals surface area contributed by atoms with Gasteiger partial charge in [0.25, 0.3) is 0 Å². The molecule has 0 aliphatic heterocycles. The molecule has 0 fully saturated rings. The van der Waals surface area contributed by atoms with Crippen LogP contribution in [0.3, 0.4) is 0 Å². The van der Waals surface area contributed by atoms with Gasteiger partial charge < -0.3 is 5.73 Å². The molecule has 2 aromatic carbocycles. The van der Waals surface area contributed by atoms with E-state index in [1.165, 1.54) is 6.07 Å². The smallest absolute Gasteiger partial charge is 0.149 e. The van der Waals surface area contributed by atoms with Crippen molar-refractivity contribution in [1.82, 2.24) is 9.78 Å². The molecule has 2 N–H and O–H groups in total. The van der Waals surface area contributed by atoms with E-state index in [0.717, 1.165) is 10.9 Å². The van der Waals surface area contributed by atoms with Gasteiger partial charge in [0.15, 0.2) is 0 Å². The molecule has 3 rings (SSSR count). The van der Waals surface area contributed by atoms with Crippen molar-refractivity contribution in [3.05, 3.63) is 60.0 Å². The highest BCUT2D eigenvalue weighted by molar-refractivity contribution is 7.80. The van der Waals surface area contributed by atoms with Crippen LogP contribution in [-0.4, -0.2) is 14.8 Å². The Morgan fingerprint density at radius 3 is 2.74 bits per heavy atom. The van der Waals surface area contributed by atoms with E-state index in [-0.39, 0.29) is 4.99 Å². The minimum absolute atomic E-state index is 0.177. The van der Waals surface area contributed by atoms with Gasteiger partial charge in [0.2, 0.25) is 0 Å². The molecule has 0 saturated heterocycles. The number of para-hydroxylation sites is 1. The second kappa shape index (κ2) is 4.44. The van der Waals surface area contributed by atoms with Crippen LogP contribution in [0.5, 0.6) is 0 Å². The first-order valence-electron chi connectivity index (χ1n) is 5.69. The lowest BCUT2D eigenvalue weighted by molar-refractivity contribution is 0.613. The summed E-state index contributed by atoms with van der Waals surface area (Å²) < 4.78 is 15.7. The molecule has 1 aromatic heterocycles. The summed E-state index contributed by atoms with van der Waals surface area (Å²) in [6.45, 7) is 0. The molecule has 0 radical (unpaired) electrons. The normalized spacial score (nSPS) is 10.8. The van der Waals surface area contributed by atoms with Gasteiger partial charge in [0.05, 0.1) is 11.7 Å². The fourth-order valence-corrected chi connectivity index (χ4v) is 2.12. The molecule has 0 atom stereocenters. The van der Waals surface area contributed by atoms with Gasteiger partial charge >= 0.3 is 0 Å². The van der Waals surface area contributed by atoms with Crippen LogP contribution in [0.2, 0.25) is 0 Å². The Kier molecular flexibility index (Phi) is 2.76. The Hall–Kier alpha value is -2.27. The number of rotatable bonds is 2. The third-order valence-electron chi connectivity index (χ3n) is 2.94. The number of aromatic nitrogens is 2. The van der Waals surface area contributed by atoms with Gasteiger partial charge in [0, 0.05) is 10.9 Å². The van der Waals surface area contributed by atoms with Crippen molar-refractivity contribution in [3.63, 3.8) is 0 Å². The van der Waals surface area contributed by atoms with Gasteiger partial charge in [-0.25, -0.2) is 9.07 Å². The number of hydrogen-bond donors (Lipinski definition) is 1. The van der Waals surface area contributed by atoms with Crippen molar-refractivity contribution >= 4 is 28.1 Å². The summed E-state index contributed by atoms with van der Waals surface area (Å²) in [5, 5.41) is 5.17. The van der Waals surface area contributed by atoms with Gasteiger partial charge in [-0.3, -0.25) is 0 Å². The summed E-state index contributed by atoms with van der Waals surface area (Å²) in [5.41, 5.74) is 7.22. The van der Waals surface area contributed by atoms with E-state index in [2.05, 4.69) is 5.10 Å². The highest BCUT2D eigenvalue weighted by atomic mass is 32.1. The van der Waals surface area contributed by atoms with Crippen molar-refractivity contribution in [3.8, 4) is 5.69 Å². The molecular weight excluding hydrogens is 261 g/mol. The second-order valence-electron chi connectivity index (χ2n) is 4.15. The molecule has 0 saturated carbocycles. The monoisotopic (exact) mass is 271 g/mol. The van der Waals surface area contributed by atoms with Crippen molar-refractivity contribution < 1.29 is 4.39 Å². The van der Waals surface area contributed by atoms with E-state index in [0.29, 0.717) is 11.3 Å². The lowest BCUT2D eigenvalue weighted by Gasteiger charge is -2.06. The number of thiocarbonyl (C=S) groups is 1. The Balaban J connectivity index is 2.19. The molecule has 0 bridgehead atoms. The van der Waals surface area contributed by atoms with Crippen LogP contribution in [0.15, 0.2) is 48.7 Å². The standard InChI is InChI=1S/C14H10FN3S/c15-11-7-9(14(16)19)5-6-13(11)18-12-4-2-1-3-10(12)8-17-18/h1-8H,(H2,16,19). The molecule has 0 amide bonds. The predicted octanol–water partition coefficient (Wildman–Crippen LogP) is 2.80. The average Bonchev–Trinajstić information content (AvgIpc) is 2.82. The van der Waals surface area contributed by atoms with E-state index in [1.807, 2.05) is 24.3 Å². The minimum atomic E-state index is -0.404. The Bertz CT molecular complexity index is 779. The molecule has 1 heterocycles. The molecule has 5 heteroatoms. The molecule has 0 unspecified atom stereocenters. The van der Waals surface area contributed by atoms with E-state index in [4.69, 9.17) is 18.0 Å². The molecule has 0 aliphatic rings. The zero-order valence-electron chi connectivity index (χ0n) is 9.88. The van der Waals surface area contributed by atoms with Gasteiger partial charge in [-0.1, -0.05) is 30.4 Å². The van der Waals surface area contributed by atoms with Gasteiger partial charge in [-0.2, -0.15) is 5.10 Å². The third-order valence-corrected chi connectivity index (χ3v) is 3.17.